The van der Waals surface area contributed by atoms with Crippen LogP contribution in [0.4, 0.5) is 28.8 Å². The highest BCUT2D eigenvalue weighted by Crippen LogP contribution is 2.39. The maximum atomic E-state index is 13.2. The highest BCUT2D eigenvalue weighted by Gasteiger charge is 2.38. The van der Waals surface area contributed by atoms with Crippen LogP contribution in [0, 0.1) is 6.92 Å². The van der Waals surface area contributed by atoms with Crippen LogP contribution in [0.3, 0.4) is 0 Å². The van der Waals surface area contributed by atoms with Gasteiger partial charge in [-0.2, -0.15) is 20.1 Å². The van der Waals surface area contributed by atoms with Gasteiger partial charge in [0, 0.05) is 54.8 Å². The molecule has 36 heavy (non-hydrogen) atoms. The molecule has 13 nitrogen and oxygen atoms in total. The predicted molar refractivity (Wildman–Crippen MR) is 134 cm³/mol. The van der Waals surface area contributed by atoms with Crippen LogP contribution in [0.25, 0.3) is 0 Å². The Kier molecular flexibility index (Phi) is 6.15. The highest BCUT2D eigenvalue weighted by atomic mass is 32.1. The molecule has 2 saturated heterocycles. The second-order valence-corrected chi connectivity index (χ2v) is 10.5. The average molecular weight is 513 g/mol. The van der Waals surface area contributed by atoms with Gasteiger partial charge in [0.1, 0.15) is 6.04 Å². The zero-order chi connectivity index (χ0) is 24.6. The van der Waals surface area contributed by atoms with E-state index in [9.17, 15) is 9.90 Å². The summed E-state index contributed by atoms with van der Waals surface area (Å²) in [6.45, 7) is 4.61. The molecule has 4 N–H and O–H groups in total. The summed E-state index contributed by atoms with van der Waals surface area (Å²) in [5.41, 5.74) is 1.09. The van der Waals surface area contributed by atoms with Crippen molar-refractivity contribution in [2.24, 2.45) is 0 Å². The first kappa shape index (κ1) is 23.1. The van der Waals surface area contributed by atoms with E-state index < -0.39 is 12.1 Å². The number of β-amino-alcohol motifs (C(OH)–C–C–N with tert-alkyl or cyclic N) is 1. The fourth-order valence-corrected chi connectivity index (χ4v) is 5.11. The first-order valence-electron chi connectivity index (χ1n) is 12.1. The fourth-order valence-electron chi connectivity index (χ4n) is 4.45. The number of aromatic nitrogens is 6. The molecule has 0 aromatic carbocycles. The number of aliphatic hydroxyl groups is 1. The number of aromatic amines is 1. The smallest absolute Gasteiger partial charge is 0.249 e. The number of carbonyl (C=O) groups excluding carboxylic acids is 1. The number of thiazole rings is 1. The first-order valence-corrected chi connectivity index (χ1v) is 12.9. The van der Waals surface area contributed by atoms with E-state index in [1.54, 1.807) is 11.1 Å². The van der Waals surface area contributed by atoms with Gasteiger partial charge in [-0.1, -0.05) is 0 Å². The van der Waals surface area contributed by atoms with Gasteiger partial charge in [-0.05, 0) is 19.8 Å². The van der Waals surface area contributed by atoms with Crippen LogP contribution in [0.15, 0.2) is 12.3 Å². The number of aliphatic hydroxyl groups excluding tert-OH is 1. The van der Waals surface area contributed by atoms with Gasteiger partial charge >= 0.3 is 0 Å². The molecule has 3 aliphatic rings. The van der Waals surface area contributed by atoms with Crippen molar-refractivity contribution in [2.75, 3.05) is 53.3 Å². The molecule has 1 saturated carbocycles. The molecule has 6 rings (SSSR count). The second-order valence-electron chi connectivity index (χ2n) is 9.29. The third-order valence-corrected chi connectivity index (χ3v) is 7.28. The topological polar surface area (TPSA) is 157 Å². The van der Waals surface area contributed by atoms with Crippen molar-refractivity contribution >= 4 is 46.0 Å². The van der Waals surface area contributed by atoms with E-state index in [-0.39, 0.29) is 18.9 Å². The Labute approximate surface area is 211 Å². The van der Waals surface area contributed by atoms with Crippen LogP contribution < -0.4 is 20.4 Å². The Morgan fingerprint density at radius 2 is 2.03 bits per heavy atom. The summed E-state index contributed by atoms with van der Waals surface area (Å²) < 4.78 is 5.49. The molecule has 3 aromatic rings. The van der Waals surface area contributed by atoms with Crippen molar-refractivity contribution in [1.29, 1.82) is 0 Å². The van der Waals surface area contributed by atoms with E-state index in [2.05, 4.69) is 35.8 Å². The van der Waals surface area contributed by atoms with Crippen LogP contribution >= 0.6 is 11.3 Å². The van der Waals surface area contributed by atoms with Crippen molar-refractivity contribution in [1.82, 2.24) is 30.1 Å². The number of aryl methyl sites for hydroxylation is 1. The van der Waals surface area contributed by atoms with Crippen molar-refractivity contribution in [2.45, 2.75) is 44.2 Å². The standard InChI is InChI=1S/C22H28N10O3S/c1-12-10-23-22(36-12)25-18(34)16-8-14(33)11-32(16)21-27-19(24-17-9-15(29-30-17)13-2-3-13)26-20(28-21)31-4-6-35-7-5-31/h9-10,13-14,16,33H,2-8,11H2,1H3,(H,23,25,34)(H2,24,26,27,28,29,30)/t14-,16-/m0/s1. The minimum Gasteiger partial charge on any atom is -0.391 e. The molecule has 0 bridgehead atoms. The van der Waals surface area contributed by atoms with E-state index in [0.29, 0.717) is 61.0 Å². The number of nitrogens with one attached hydrogen (secondary N) is 3. The quantitative estimate of drug-likeness (QED) is 0.363. The summed E-state index contributed by atoms with van der Waals surface area (Å²) in [5.74, 6) is 2.03. The van der Waals surface area contributed by atoms with E-state index in [1.807, 2.05) is 17.9 Å². The van der Waals surface area contributed by atoms with Gasteiger partial charge in [0.15, 0.2) is 10.9 Å². The van der Waals surface area contributed by atoms with Crippen LogP contribution in [0.5, 0.6) is 0 Å². The van der Waals surface area contributed by atoms with E-state index >= 15 is 0 Å². The Hall–Kier alpha value is -3.36. The van der Waals surface area contributed by atoms with Crippen molar-refractivity contribution in [3.05, 3.63) is 22.8 Å². The van der Waals surface area contributed by atoms with Crippen LogP contribution in [-0.2, 0) is 9.53 Å². The number of hydrogen-bond acceptors (Lipinski definition) is 12. The number of hydrogen-bond donors (Lipinski definition) is 4. The lowest BCUT2D eigenvalue weighted by atomic mass is 10.2. The number of rotatable bonds is 7. The Bertz CT molecular complexity index is 1240. The summed E-state index contributed by atoms with van der Waals surface area (Å²) in [4.78, 5) is 36.1. The third kappa shape index (κ3) is 4.96. The van der Waals surface area contributed by atoms with Crippen molar-refractivity contribution < 1.29 is 14.6 Å². The maximum Gasteiger partial charge on any atom is 0.249 e. The number of anilines is 5. The number of ether oxygens (including phenoxy) is 1. The van der Waals surface area contributed by atoms with Gasteiger partial charge in [0.2, 0.25) is 23.8 Å². The van der Waals surface area contributed by atoms with Gasteiger partial charge in [-0.15, -0.1) is 11.3 Å². The average Bonchev–Trinajstić information content (AvgIpc) is 3.27. The first-order chi connectivity index (χ1) is 17.5. The monoisotopic (exact) mass is 512 g/mol. The molecule has 1 aliphatic carbocycles. The van der Waals surface area contributed by atoms with Crippen molar-refractivity contribution in [3.8, 4) is 0 Å². The number of carbonyl (C=O) groups is 1. The molecular formula is C22H28N10O3S. The molecule has 2 atom stereocenters. The number of morpholine rings is 1. The molecule has 1 amide bonds. The van der Waals surface area contributed by atoms with Gasteiger partial charge in [0.25, 0.3) is 0 Å². The molecule has 0 unspecified atom stereocenters. The Morgan fingerprint density at radius 1 is 1.22 bits per heavy atom. The molecule has 3 fully saturated rings. The maximum absolute atomic E-state index is 13.2. The lowest BCUT2D eigenvalue weighted by Crippen LogP contribution is -2.42. The Morgan fingerprint density at radius 3 is 2.78 bits per heavy atom. The fraction of sp³-hybridized carbons (Fsp3) is 0.545. The summed E-state index contributed by atoms with van der Waals surface area (Å²) in [6.07, 6.45) is 3.62. The molecule has 2 aliphatic heterocycles. The van der Waals surface area contributed by atoms with Gasteiger partial charge in [-0.3, -0.25) is 9.89 Å². The molecular weight excluding hydrogens is 484 g/mol. The minimum atomic E-state index is -0.689. The van der Waals surface area contributed by atoms with E-state index in [0.717, 1.165) is 10.6 Å². The predicted octanol–water partition coefficient (Wildman–Crippen LogP) is 1.40. The molecule has 190 valence electrons. The molecule has 0 spiro atoms. The Balaban J connectivity index is 1.29. The molecule has 3 aromatic heterocycles. The summed E-state index contributed by atoms with van der Waals surface area (Å²) in [6, 6.07) is 1.32. The van der Waals surface area contributed by atoms with Crippen LogP contribution in [0.2, 0.25) is 0 Å². The van der Waals surface area contributed by atoms with Gasteiger partial charge in [-0.25, -0.2) is 4.98 Å². The van der Waals surface area contributed by atoms with Crippen molar-refractivity contribution in [3.63, 3.8) is 0 Å². The number of amides is 1. The largest absolute Gasteiger partial charge is 0.391 e. The summed E-state index contributed by atoms with van der Waals surface area (Å²) in [5, 5.41) is 24.5. The highest BCUT2D eigenvalue weighted by molar-refractivity contribution is 7.15. The SMILES string of the molecule is Cc1cnc(NC(=O)[C@@H]2C[C@H](O)CN2c2nc(Nc3cc(C4CC4)[nH]n3)nc(N3CCOCC3)n2)s1. The number of H-pyrrole nitrogens is 1. The molecule has 0 radical (unpaired) electrons. The minimum absolute atomic E-state index is 0.231. The van der Waals surface area contributed by atoms with Gasteiger partial charge in [0.05, 0.1) is 19.3 Å². The van der Waals surface area contributed by atoms with E-state index in [1.165, 1.54) is 24.2 Å². The van der Waals surface area contributed by atoms with Crippen LogP contribution in [-0.4, -0.2) is 86.1 Å². The second kappa shape index (κ2) is 9.59. The lowest BCUT2D eigenvalue weighted by Gasteiger charge is -2.29. The zero-order valence-corrected chi connectivity index (χ0v) is 20.7. The summed E-state index contributed by atoms with van der Waals surface area (Å²) in [7, 11) is 0. The zero-order valence-electron chi connectivity index (χ0n) is 19.8. The van der Waals surface area contributed by atoms with E-state index in [4.69, 9.17) is 9.72 Å². The van der Waals surface area contributed by atoms with Crippen LogP contribution in [0.1, 0.15) is 35.8 Å². The third-order valence-electron chi connectivity index (χ3n) is 6.45. The lowest BCUT2D eigenvalue weighted by molar-refractivity contribution is -0.117. The normalized spacial score (nSPS) is 22.2. The molecule has 14 heteroatoms. The van der Waals surface area contributed by atoms with Gasteiger partial charge < -0.3 is 30.3 Å². The summed E-state index contributed by atoms with van der Waals surface area (Å²) >= 11 is 1.40. The number of nitrogens with zero attached hydrogens (tertiary/aromatic N) is 7. The molecule has 5 heterocycles.